The van der Waals surface area contributed by atoms with Gasteiger partial charge in [0.25, 0.3) is 10.0 Å². The first kappa shape index (κ1) is 17.8. The molecule has 0 unspecified atom stereocenters. The first-order valence-electron chi connectivity index (χ1n) is 7.27. The van der Waals surface area contributed by atoms with Crippen molar-refractivity contribution in [2.24, 2.45) is 0 Å². The molecule has 3 aromatic rings. The van der Waals surface area contributed by atoms with Gasteiger partial charge < -0.3 is 0 Å². The van der Waals surface area contributed by atoms with E-state index in [2.05, 4.69) is 9.71 Å². The number of benzene rings is 2. The lowest BCUT2D eigenvalue weighted by molar-refractivity contribution is 0.600. The predicted molar refractivity (Wildman–Crippen MR) is 99.2 cm³/mol. The van der Waals surface area contributed by atoms with E-state index >= 15 is 0 Å². The molecule has 2 aromatic carbocycles. The van der Waals surface area contributed by atoms with Crippen LogP contribution in [0.2, 0.25) is 5.02 Å². The maximum Gasteiger partial charge on any atom is 0.262 e. The molecule has 0 bridgehead atoms. The quantitative estimate of drug-likeness (QED) is 0.673. The van der Waals surface area contributed by atoms with E-state index in [1.165, 1.54) is 17.4 Å². The van der Waals surface area contributed by atoms with E-state index in [1.54, 1.807) is 19.1 Å². The molecule has 8 heteroatoms. The van der Waals surface area contributed by atoms with Crippen LogP contribution < -0.4 is 4.72 Å². The Labute approximate surface area is 154 Å². The van der Waals surface area contributed by atoms with Crippen LogP contribution in [0.25, 0.3) is 11.3 Å². The molecule has 4 nitrogen and oxygen atoms in total. The van der Waals surface area contributed by atoms with E-state index in [1.807, 2.05) is 18.4 Å². The minimum absolute atomic E-state index is 0.00694. The van der Waals surface area contributed by atoms with Gasteiger partial charge in [0.05, 0.1) is 26.3 Å². The van der Waals surface area contributed by atoms with Crippen molar-refractivity contribution in [3.63, 3.8) is 0 Å². The monoisotopic (exact) mass is 396 g/mol. The summed E-state index contributed by atoms with van der Waals surface area (Å²) in [5.41, 5.74) is 2.14. The summed E-state index contributed by atoms with van der Waals surface area (Å²) in [6, 6.07) is 8.62. The molecule has 0 aliphatic heterocycles. The molecule has 25 heavy (non-hydrogen) atoms. The predicted octanol–water partition coefficient (Wildman–Crippen LogP) is 5.02. The number of halogens is 2. The Hall–Kier alpha value is -1.96. The van der Waals surface area contributed by atoms with Crippen LogP contribution in [0, 0.1) is 19.7 Å². The van der Waals surface area contributed by atoms with E-state index in [4.69, 9.17) is 11.6 Å². The molecule has 0 aliphatic rings. The highest BCUT2D eigenvalue weighted by Crippen LogP contribution is 2.29. The zero-order chi connectivity index (χ0) is 18.2. The number of aromatic nitrogens is 1. The van der Waals surface area contributed by atoms with Gasteiger partial charge in [0.1, 0.15) is 5.82 Å². The summed E-state index contributed by atoms with van der Waals surface area (Å²) >= 11 is 7.41. The van der Waals surface area contributed by atoms with Crippen molar-refractivity contribution in [2.45, 2.75) is 18.7 Å². The fourth-order valence-electron chi connectivity index (χ4n) is 2.32. The molecule has 0 amide bonds. The summed E-state index contributed by atoms with van der Waals surface area (Å²) in [4.78, 5) is 4.50. The third kappa shape index (κ3) is 3.84. The molecule has 0 radical (unpaired) electrons. The second-order valence-electron chi connectivity index (χ2n) is 5.46. The Morgan fingerprint density at radius 2 is 1.92 bits per heavy atom. The van der Waals surface area contributed by atoms with Crippen molar-refractivity contribution in [2.75, 3.05) is 4.72 Å². The Balaban J connectivity index is 2.01. The molecule has 1 N–H and O–H groups in total. The highest BCUT2D eigenvalue weighted by atomic mass is 35.5. The standard InChI is InChI=1S/C17H14ClFN2O2S2/c1-10-3-4-12(16-9-24-11(2)20-16)7-17(10)25(22,23)21-15-6-5-13(19)8-14(15)18/h3-9,21H,1-2H3. The smallest absolute Gasteiger partial charge is 0.262 e. The van der Waals surface area contributed by atoms with Gasteiger partial charge in [0.2, 0.25) is 0 Å². The number of nitrogens with one attached hydrogen (secondary N) is 1. The summed E-state index contributed by atoms with van der Waals surface area (Å²) in [6.45, 7) is 3.59. The normalized spacial score (nSPS) is 11.5. The number of hydrogen-bond donors (Lipinski definition) is 1. The van der Waals surface area contributed by atoms with Crippen molar-refractivity contribution in [3.05, 3.63) is 63.2 Å². The van der Waals surface area contributed by atoms with Crippen LogP contribution >= 0.6 is 22.9 Å². The zero-order valence-electron chi connectivity index (χ0n) is 13.4. The second-order valence-corrected chi connectivity index (χ2v) is 8.58. The Morgan fingerprint density at radius 1 is 1.16 bits per heavy atom. The SMILES string of the molecule is Cc1nc(-c2ccc(C)c(S(=O)(=O)Nc3ccc(F)cc3Cl)c2)cs1. The average molecular weight is 397 g/mol. The van der Waals surface area contributed by atoms with E-state index in [-0.39, 0.29) is 15.6 Å². The second kappa shape index (κ2) is 6.74. The van der Waals surface area contributed by atoms with Crippen LogP contribution in [-0.4, -0.2) is 13.4 Å². The Bertz CT molecular complexity index is 1050. The number of aryl methyl sites for hydroxylation is 2. The van der Waals surface area contributed by atoms with E-state index < -0.39 is 15.8 Å². The Kier molecular flexibility index (Phi) is 4.81. The van der Waals surface area contributed by atoms with Gasteiger partial charge >= 0.3 is 0 Å². The average Bonchev–Trinajstić information content (AvgIpc) is 2.97. The van der Waals surface area contributed by atoms with Gasteiger partial charge in [0.15, 0.2) is 0 Å². The minimum Gasteiger partial charge on any atom is -0.278 e. The highest BCUT2D eigenvalue weighted by molar-refractivity contribution is 7.92. The molecule has 0 saturated heterocycles. The van der Waals surface area contributed by atoms with Crippen LogP contribution in [0.15, 0.2) is 46.7 Å². The lowest BCUT2D eigenvalue weighted by atomic mass is 10.1. The topological polar surface area (TPSA) is 59.1 Å². The van der Waals surface area contributed by atoms with Gasteiger partial charge in [-0.15, -0.1) is 11.3 Å². The highest BCUT2D eigenvalue weighted by Gasteiger charge is 2.20. The fraction of sp³-hybridized carbons (Fsp3) is 0.118. The summed E-state index contributed by atoms with van der Waals surface area (Å²) in [7, 11) is -3.88. The van der Waals surface area contributed by atoms with E-state index in [9.17, 15) is 12.8 Å². The molecule has 1 heterocycles. The van der Waals surface area contributed by atoms with E-state index in [0.717, 1.165) is 22.8 Å². The fourth-order valence-corrected chi connectivity index (χ4v) is 4.56. The summed E-state index contributed by atoms with van der Waals surface area (Å²) in [6.07, 6.45) is 0. The summed E-state index contributed by atoms with van der Waals surface area (Å²) in [5, 5.41) is 2.77. The van der Waals surface area contributed by atoms with Crippen molar-refractivity contribution in [1.82, 2.24) is 4.98 Å². The number of hydrogen-bond acceptors (Lipinski definition) is 4. The third-order valence-electron chi connectivity index (χ3n) is 3.57. The molecule has 0 spiro atoms. The molecular weight excluding hydrogens is 383 g/mol. The maximum absolute atomic E-state index is 13.1. The first-order valence-corrected chi connectivity index (χ1v) is 10.0. The third-order valence-corrected chi connectivity index (χ3v) is 6.16. The van der Waals surface area contributed by atoms with Crippen molar-refractivity contribution in [1.29, 1.82) is 0 Å². The van der Waals surface area contributed by atoms with Gasteiger partial charge in [-0.05, 0) is 43.7 Å². The van der Waals surface area contributed by atoms with Gasteiger partial charge in [-0.1, -0.05) is 23.7 Å². The molecule has 0 aliphatic carbocycles. The molecule has 130 valence electrons. The number of rotatable bonds is 4. The minimum atomic E-state index is -3.88. The molecule has 0 fully saturated rings. The van der Waals surface area contributed by atoms with Gasteiger partial charge in [-0.2, -0.15) is 0 Å². The molecule has 3 rings (SSSR count). The lowest BCUT2D eigenvalue weighted by Gasteiger charge is -2.12. The van der Waals surface area contributed by atoms with Crippen LogP contribution in [0.5, 0.6) is 0 Å². The van der Waals surface area contributed by atoms with Crippen LogP contribution in [0.4, 0.5) is 10.1 Å². The van der Waals surface area contributed by atoms with Crippen LogP contribution in [-0.2, 0) is 10.0 Å². The molecule has 0 saturated carbocycles. The van der Waals surface area contributed by atoms with Gasteiger partial charge in [-0.3, -0.25) is 4.72 Å². The van der Waals surface area contributed by atoms with Gasteiger partial charge in [0, 0.05) is 10.9 Å². The summed E-state index contributed by atoms with van der Waals surface area (Å²) < 4.78 is 41.1. The number of anilines is 1. The molecule has 1 aromatic heterocycles. The van der Waals surface area contributed by atoms with Crippen molar-refractivity contribution in [3.8, 4) is 11.3 Å². The number of sulfonamides is 1. The van der Waals surface area contributed by atoms with Crippen LogP contribution in [0.1, 0.15) is 10.6 Å². The Morgan fingerprint density at radius 3 is 2.56 bits per heavy atom. The number of thiazole rings is 1. The molecular formula is C17H14ClFN2O2S2. The number of nitrogens with zero attached hydrogens (tertiary/aromatic N) is 1. The summed E-state index contributed by atoms with van der Waals surface area (Å²) in [5.74, 6) is -0.537. The zero-order valence-corrected chi connectivity index (χ0v) is 15.8. The van der Waals surface area contributed by atoms with E-state index in [0.29, 0.717) is 11.1 Å². The van der Waals surface area contributed by atoms with Gasteiger partial charge in [-0.25, -0.2) is 17.8 Å². The largest absolute Gasteiger partial charge is 0.278 e. The van der Waals surface area contributed by atoms with Crippen LogP contribution in [0.3, 0.4) is 0 Å². The van der Waals surface area contributed by atoms with Crippen molar-refractivity contribution >= 4 is 38.6 Å². The molecule has 0 atom stereocenters. The lowest BCUT2D eigenvalue weighted by Crippen LogP contribution is -2.14. The van der Waals surface area contributed by atoms with Crippen molar-refractivity contribution < 1.29 is 12.8 Å². The first-order chi connectivity index (χ1) is 11.8. The maximum atomic E-state index is 13.1.